The molecule has 0 aliphatic carbocycles. The molecule has 1 aliphatic rings. The van der Waals surface area contributed by atoms with Crippen molar-refractivity contribution < 1.29 is 18.0 Å². The highest BCUT2D eigenvalue weighted by molar-refractivity contribution is 7.89. The number of sulfonamides is 1. The number of para-hydroxylation sites is 1. The van der Waals surface area contributed by atoms with E-state index in [1.165, 1.54) is 23.4 Å². The van der Waals surface area contributed by atoms with Crippen molar-refractivity contribution in [1.29, 1.82) is 0 Å². The smallest absolute Gasteiger partial charge is 0.255 e. The van der Waals surface area contributed by atoms with E-state index in [0.717, 1.165) is 18.4 Å². The van der Waals surface area contributed by atoms with Crippen LogP contribution >= 0.6 is 0 Å². The van der Waals surface area contributed by atoms with Crippen LogP contribution in [0.2, 0.25) is 0 Å². The minimum absolute atomic E-state index is 0.0431. The molecule has 2 amide bonds. The van der Waals surface area contributed by atoms with Gasteiger partial charge in [0.2, 0.25) is 15.9 Å². The molecule has 7 nitrogen and oxygen atoms in total. The van der Waals surface area contributed by atoms with Gasteiger partial charge < -0.3 is 10.2 Å². The van der Waals surface area contributed by atoms with Gasteiger partial charge in [-0.3, -0.25) is 9.59 Å². The summed E-state index contributed by atoms with van der Waals surface area (Å²) in [6.07, 6.45) is 1.70. The summed E-state index contributed by atoms with van der Waals surface area (Å²) in [7, 11) is -3.60. The fourth-order valence-electron chi connectivity index (χ4n) is 3.50. The Morgan fingerprint density at radius 3 is 2.43 bits per heavy atom. The van der Waals surface area contributed by atoms with E-state index in [0.29, 0.717) is 31.9 Å². The van der Waals surface area contributed by atoms with Crippen LogP contribution in [-0.2, 0) is 21.4 Å². The molecule has 1 saturated heterocycles. The molecular formula is C22H27N3O4S. The lowest BCUT2D eigenvalue weighted by Crippen LogP contribution is -2.28. The summed E-state index contributed by atoms with van der Waals surface area (Å²) in [6.45, 7) is 5.37. The minimum atomic E-state index is -3.60. The summed E-state index contributed by atoms with van der Waals surface area (Å²) in [5, 5.41) is 2.86. The molecule has 0 aromatic heterocycles. The van der Waals surface area contributed by atoms with Gasteiger partial charge in [0, 0.05) is 44.4 Å². The fourth-order valence-corrected chi connectivity index (χ4v) is 5.06. The van der Waals surface area contributed by atoms with Crippen LogP contribution in [0.4, 0.5) is 5.69 Å². The molecule has 30 heavy (non-hydrogen) atoms. The maximum absolute atomic E-state index is 12.9. The number of rotatable bonds is 7. The Labute approximate surface area is 177 Å². The molecular weight excluding hydrogens is 402 g/mol. The summed E-state index contributed by atoms with van der Waals surface area (Å²) in [5.74, 6) is -0.440. The lowest BCUT2D eigenvalue weighted by Gasteiger charge is -2.21. The first-order valence-electron chi connectivity index (χ1n) is 10.1. The van der Waals surface area contributed by atoms with E-state index in [9.17, 15) is 18.0 Å². The summed E-state index contributed by atoms with van der Waals surface area (Å²) in [6, 6.07) is 13.4. The average Bonchev–Trinajstić information content (AvgIpc) is 3.28. The number of hydrogen-bond acceptors (Lipinski definition) is 4. The third-order valence-electron chi connectivity index (χ3n) is 5.25. The molecule has 2 aromatic carbocycles. The zero-order chi connectivity index (χ0) is 21.7. The van der Waals surface area contributed by atoms with Gasteiger partial charge in [-0.1, -0.05) is 24.3 Å². The number of nitrogens with zero attached hydrogens (tertiary/aromatic N) is 2. The normalized spacial score (nSPS) is 14.5. The van der Waals surface area contributed by atoms with Crippen LogP contribution in [0.5, 0.6) is 0 Å². The fraction of sp³-hybridized carbons (Fsp3) is 0.364. The molecule has 0 saturated carbocycles. The number of anilines is 1. The van der Waals surface area contributed by atoms with E-state index in [1.807, 2.05) is 19.1 Å². The summed E-state index contributed by atoms with van der Waals surface area (Å²) >= 11 is 0. The molecule has 1 heterocycles. The molecule has 8 heteroatoms. The topological polar surface area (TPSA) is 86.8 Å². The van der Waals surface area contributed by atoms with Gasteiger partial charge in [0.25, 0.3) is 5.91 Å². The number of benzene rings is 2. The molecule has 1 fully saturated rings. The summed E-state index contributed by atoms with van der Waals surface area (Å²) in [5.41, 5.74) is 1.67. The van der Waals surface area contributed by atoms with E-state index in [2.05, 4.69) is 5.32 Å². The van der Waals surface area contributed by atoms with Crippen LogP contribution in [0, 0.1) is 0 Å². The minimum Gasteiger partial charge on any atom is -0.339 e. The van der Waals surface area contributed by atoms with Crippen molar-refractivity contribution in [2.45, 2.75) is 38.1 Å². The van der Waals surface area contributed by atoms with Crippen LogP contribution in [0.15, 0.2) is 53.4 Å². The van der Waals surface area contributed by atoms with Gasteiger partial charge in [-0.05, 0) is 49.6 Å². The van der Waals surface area contributed by atoms with E-state index >= 15 is 0 Å². The first-order valence-corrected chi connectivity index (χ1v) is 11.5. The van der Waals surface area contributed by atoms with Gasteiger partial charge in [0.15, 0.2) is 0 Å². The van der Waals surface area contributed by atoms with Crippen molar-refractivity contribution >= 4 is 27.5 Å². The van der Waals surface area contributed by atoms with E-state index < -0.39 is 15.9 Å². The Bertz CT molecular complexity index is 1030. The molecule has 0 radical (unpaired) electrons. The molecule has 0 unspecified atom stereocenters. The lowest BCUT2D eigenvalue weighted by molar-refractivity contribution is -0.129. The molecule has 160 valence electrons. The van der Waals surface area contributed by atoms with Crippen molar-refractivity contribution in [2.24, 2.45) is 0 Å². The Hall–Kier alpha value is -2.71. The SMILES string of the molecule is CCN(Cc1ccccc1NC(=O)c1cccc(S(=O)(=O)N2CCCC2)c1)C(C)=O. The van der Waals surface area contributed by atoms with Gasteiger partial charge in [0.1, 0.15) is 0 Å². The predicted octanol–water partition coefficient (Wildman–Crippen LogP) is 3.09. The first-order chi connectivity index (χ1) is 14.3. The van der Waals surface area contributed by atoms with Crippen molar-refractivity contribution in [3.8, 4) is 0 Å². The highest BCUT2D eigenvalue weighted by Crippen LogP contribution is 2.23. The van der Waals surface area contributed by atoms with Gasteiger partial charge in [-0.15, -0.1) is 0 Å². The van der Waals surface area contributed by atoms with Crippen LogP contribution in [-0.4, -0.2) is 49.1 Å². The van der Waals surface area contributed by atoms with Crippen molar-refractivity contribution in [3.05, 3.63) is 59.7 Å². The number of nitrogens with one attached hydrogen (secondary N) is 1. The van der Waals surface area contributed by atoms with Crippen LogP contribution in [0.25, 0.3) is 0 Å². The summed E-state index contributed by atoms with van der Waals surface area (Å²) in [4.78, 5) is 26.4. The zero-order valence-corrected chi connectivity index (χ0v) is 18.1. The highest BCUT2D eigenvalue weighted by atomic mass is 32.2. The Kier molecular flexibility index (Phi) is 6.89. The van der Waals surface area contributed by atoms with Gasteiger partial charge in [-0.2, -0.15) is 4.31 Å². The first kappa shape index (κ1) is 22.0. The van der Waals surface area contributed by atoms with E-state index in [-0.39, 0.29) is 16.4 Å². The molecule has 0 atom stereocenters. The largest absolute Gasteiger partial charge is 0.339 e. The second kappa shape index (κ2) is 9.40. The monoisotopic (exact) mass is 429 g/mol. The molecule has 1 aliphatic heterocycles. The molecule has 0 bridgehead atoms. The number of carbonyl (C=O) groups is 2. The van der Waals surface area contributed by atoms with Crippen molar-refractivity contribution in [2.75, 3.05) is 25.0 Å². The second-order valence-corrected chi connectivity index (χ2v) is 9.22. The number of carbonyl (C=O) groups excluding carboxylic acids is 2. The van der Waals surface area contributed by atoms with Crippen molar-refractivity contribution in [3.63, 3.8) is 0 Å². The van der Waals surface area contributed by atoms with Crippen LogP contribution < -0.4 is 5.32 Å². The van der Waals surface area contributed by atoms with Crippen LogP contribution in [0.1, 0.15) is 42.6 Å². The van der Waals surface area contributed by atoms with E-state index in [1.54, 1.807) is 29.2 Å². The van der Waals surface area contributed by atoms with Crippen LogP contribution in [0.3, 0.4) is 0 Å². The van der Waals surface area contributed by atoms with Gasteiger partial charge in [-0.25, -0.2) is 8.42 Å². The maximum atomic E-state index is 12.9. The predicted molar refractivity (Wildman–Crippen MR) is 116 cm³/mol. The Morgan fingerprint density at radius 1 is 1.07 bits per heavy atom. The van der Waals surface area contributed by atoms with Gasteiger partial charge in [0.05, 0.1) is 4.90 Å². The summed E-state index contributed by atoms with van der Waals surface area (Å²) < 4.78 is 27.1. The molecule has 3 rings (SSSR count). The zero-order valence-electron chi connectivity index (χ0n) is 17.3. The third-order valence-corrected chi connectivity index (χ3v) is 7.15. The molecule has 0 spiro atoms. The maximum Gasteiger partial charge on any atom is 0.255 e. The highest BCUT2D eigenvalue weighted by Gasteiger charge is 2.27. The molecule has 2 aromatic rings. The third kappa shape index (κ3) is 4.88. The Morgan fingerprint density at radius 2 is 1.77 bits per heavy atom. The quantitative estimate of drug-likeness (QED) is 0.733. The average molecular weight is 430 g/mol. The van der Waals surface area contributed by atoms with Gasteiger partial charge >= 0.3 is 0 Å². The van der Waals surface area contributed by atoms with E-state index in [4.69, 9.17) is 0 Å². The second-order valence-electron chi connectivity index (χ2n) is 7.28. The number of amides is 2. The number of hydrogen-bond donors (Lipinski definition) is 1. The molecule has 1 N–H and O–H groups in total. The van der Waals surface area contributed by atoms with Crippen molar-refractivity contribution in [1.82, 2.24) is 9.21 Å². The standard InChI is InChI=1S/C22H27N3O4S/c1-3-24(17(2)26)16-19-9-4-5-12-21(19)23-22(27)18-10-8-11-20(15-18)30(28,29)25-13-6-7-14-25/h4-5,8-12,15H,3,6-7,13-14,16H2,1-2H3,(H,23,27). The Balaban J connectivity index is 1.81. The lowest BCUT2D eigenvalue weighted by atomic mass is 10.1.